The number of alkyl halides is 3. The molecular formula is C19H23F3N4O4. The summed E-state index contributed by atoms with van der Waals surface area (Å²) in [5, 5.41) is 7.12. The largest absolute Gasteiger partial charge is 0.490 e. The van der Waals surface area contributed by atoms with Crippen molar-refractivity contribution in [3.8, 4) is 0 Å². The minimum Gasteiger partial charge on any atom is -0.475 e. The molecule has 0 bridgehead atoms. The molecule has 1 aromatic heterocycles. The van der Waals surface area contributed by atoms with Gasteiger partial charge in [-0.25, -0.2) is 9.59 Å². The number of fused-ring (bicyclic) bond motifs is 1. The van der Waals surface area contributed by atoms with Crippen molar-refractivity contribution in [1.29, 1.82) is 0 Å². The molecule has 3 aliphatic heterocycles. The Morgan fingerprint density at radius 1 is 1.07 bits per heavy atom. The van der Waals surface area contributed by atoms with E-state index in [-0.39, 0.29) is 23.8 Å². The van der Waals surface area contributed by atoms with Gasteiger partial charge < -0.3 is 19.8 Å². The lowest BCUT2D eigenvalue weighted by atomic mass is 10.0. The average molecular weight is 428 g/mol. The lowest BCUT2D eigenvalue weighted by Crippen LogP contribution is -2.42. The number of aromatic nitrogens is 1. The smallest absolute Gasteiger partial charge is 0.475 e. The van der Waals surface area contributed by atoms with Gasteiger partial charge >= 0.3 is 18.2 Å². The topological polar surface area (TPSA) is 94.0 Å². The number of carboxylic acid groups (broad SMARTS) is 1. The zero-order chi connectivity index (χ0) is 21.9. The second-order valence-corrected chi connectivity index (χ2v) is 7.63. The first-order valence-corrected chi connectivity index (χ1v) is 9.68. The number of aliphatic carboxylic acids is 1. The third-order valence-electron chi connectivity index (χ3n) is 5.54. The number of halogens is 3. The number of carboxylic acids is 1. The summed E-state index contributed by atoms with van der Waals surface area (Å²) >= 11 is 0. The van der Waals surface area contributed by atoms with Crippen LogP contribution in [0.15, 0.2) is 24.5 Å². The molecular weight excluding hydrogens is 405 g/mol. The van der Waals surface area contributed by atoms with Gasteiger partial charge in [-0.15, -0.1) is 0 Å². The fourth-order valence-electron chi connectivity index (χ4n) is 4.06. The zero-order valence-electron chi connectivity index (χ0n) is 16.2. The number of amides is 3. The van der Waals surface area contributed by atoms with E-state index in [4.69, 9.17) is 9.90 Å². The van der Waals surface area contributed by atoms with Crippen molar-refractivity contribution in [3.63, 3.8) is 0 Å². The molecule has 0 radical (unpaired) electrons. The fourth-order valence-corrected chi connectivity index (χ4v) is 4.06. The first-order chi connectivity index (χ1) is 14.2. The molecule has 0 aromatic carbocycles. The summed E-state index contributed by atoms with van der Waals surface area (Å²) in [6.45, 7) is 4.45. The van der Waals surface area contributed by atoms with Crippen molar-refractivity contribution in [2.24, 2.45) is 11.8 Å². The van der Waals surface area contributed by atoms with Gasteiger partial charge in [-0.2, -0.15) is 13.2 Å². The molecule has 4 rings (SSSR count). The Morgan fingerprint density at radius 3 is 2.20 bits per heavy atom. The van der Waals surface area contributed by atoms with Gasteiger partial charge in [-0.1, -0.05) is 0 Å². The highest BCUT2D eigenvalue weighted by Crippen LogP contribution is 2.33. The van der Waals surface area contributed by atoms with Gasteiger partial charge in [0.25, 0.3) is 0 Å². The van der Waals surface area contributed by atoms with Gasteiger partial charge in [0.2, 0.25) is 5.91 Å². The van der Waals surface area contributed by atoms with E-state index in [1.54, 1.807) is 12.4 Å². The van der Waals surface area contributed by atoms with Gasteiger partial charge in [0.15, 0.2) is 0 Å². The summed E-state index contributed by atoms with van der Waals surface area (Å²) < 4.78 is 31.7. The van der Waals surface area contributed by atoms with Crippen LogP contribution < -0.4 is 0 Å². The van der Waals surface area contributed by atoms with Crippen molar-refractivity contribution in [1.82, 2.24) is 19.7 Å². The first-order valence-electron chi connectivity index (χ1n) is 9.68. The van der Waals surface area contributed by atoms with E-state index >= 15 is 0 Å². The van der Waals surface area contributed by atoms with Crippen LogP contribution in [-0.4, -0.2) is 81.6 Å². The van der Waals surface area contributed by atoms with E-state index in [0.717, 1.165) is 44.6 Å². The van der Waals surface area contributed by atoms with E-state index in [1.165, 1.54) is 0 Å². The predicted molar refractivity (Wildman–Crippen MR) is 98.1 cm³/mol. The van der Waals surface area contributed by atoms with Crippen LogP contribution in [0.5, 0.6) is 0 Å². The van der Waals surface area contributed by atoms with Gasteiger partial charge in [0.05, 0.1) is 5.92 Å². The lowest BCUT2D eigenvalue weighted by molar-refractivity contribution is -0.192. The predicted octanol–water partition coefficient (Wildman–Crippen LogP) is 1.82. The highest BCUT2D eigenvalue weighted by atomic mass is 19.4. The molecule has 1 aromatic rings. The Kier molecular flexibility index (Phi) is 6.47. The third kappa shape index (κ3) is 5.00. The molecule has 3 aliphatic rings. The molecule has 30 heavy (non-hydrogen) atoms. The maximum atomic E-state index is 12.6. The molecule has 164 valence electrons. The number of pyridine rings is 1. The standard InChI is InChI=1S/C17H22N4O2.C2HF3O2/c22-16-15-12-21(17(23)19-7-1-2-8-19)11-14(15)10-20(16)9-13-3-5-18-6-4-13;3-2(4,5)1(6)7/h3-6,14-15H,1-2,7-12H2;(H,6,7)/t14-,15+;/m0./s1. The number of nitrogens with zero attached hydrogens (tertiary/aromatic N) is 4. The molecule has 0 spiro atoms. The Balaban J connectivity index is 0.000000318. The van der Waals surface area contributed by atoms with Gasteiger partial charge in [-0.05, 0) is 30.5 Å². The monoisotopic (exact) mass is 428 g/mol. The van der Waals surface area contributed by atoms with E-state index in [1.807, 2.05) is 26.8 Å². The molecule has 1 N–H and O–H groups in total. The maximum absolute atomic E-state index is 12.6. The van der Waals surface area contributed by atoms with E-state index < -0.39 is 12.1 Å². The molecule has 11 heteroatoms. The second kappa shape index (κ2) is 8.88. The Labute approximate surface area is 171 Å². The van der Waals surface area contributed by atoms with Crippen LogP contribution in [0.2, 0.25) is 0 Å². The zero-order valence-corrected chi connectivity index (χ0v) is 16.2. The lowest BCUT2D eigenvalue weighted by Gasteiger charge is -2.26. The Bertz CT molecular complexity index is 784. The highest BCUT2D eigenvalue weighted by molar-refractivity contribution is 5.84. The summed E-state index contributed by atoms with van der Waals surface area (Å²) in [5.41, 5.74) is 1.11. The average Bonchev–Trinajstić information content (AvgIpc) is 3.42. The van der Waals surface area contributed by atoms with Crippen molar-refractivity contribution in [2.75, 3.05) is 32.7 Å². The molecule has 8 nitrogen and oxygen atoms in total. The van der Waals surface area contributed by atoms with Crippen LogP contribution in [0.3, 0.4) is 0 Å². The third-order valence-corrected chi connectivity index (χ3v) is 5.54. The molecule has 3 saturated heterocycles. The second-order valence-electron chi connectivity index (χ2n) is 7.63. The highest BCUT2D eigenvalue weighted by Gasteiger charge is 2.48. The molecule has 3 fully saturated rings. The number of carbonyl (C=O) groups is 3. The number of likely N-dealkylation sites (tertiary alicyclic amines) is 3. The number of hydrogen-bond donors (Lipinski definition) is 1. The molecule has 4 heterocycles. The minimum absolute atomic E-state index is 0.0107. The van der Waals surface area contributed by atoms with E-state index in [0.29, 0.717) is 13.1 Å². The summed E-state index contributed by atoms with van der Waals surface area (Å²) in [4.78, 5) is 43.8. The van der Waals surface area contributed by atoms with Crippen molar-refractivity contribution in [2.45, 2.75) is 25.6 Å². The number of carbonyl (C=O) groups excluding carboxylic acids is 2. The quantitative estimate of drug-likeness (QED) is 0.776. The number of rotatable bonds is 2. The molecule has 3 amide bonds. The summed E-state index contributed by atoms with van der Waals surface area (Å²) in [7, 11) is 0. The fraction of sp³-hybridized carbons (Fsp3) is 0.579. The summed E-state index contributed by atoms with van der Waals surface area (Å²) in [6, 6.07) is 4.03. The maximum Gasteiger partial charge on any atom is 0.490 e. The Hall–Kier alpha value is -2.85. The minimum atomic E-state index is -5.08. The van der Waals surface area contributed by atoms with E-state index in [2.05, 4.69) is 4.98 Å². The molecule has 0 aliphatic carbocycles. The van der Waals surface area contributed by atoms with Crippen molar-refractivity contribution < 1.29 is 32.7 Å². The normalized spacial score (nSPS) is 23.3. The van der Waals surface area contributed by atoms with Gasteiger partial charge in [0, 0.05) is 57.6 Å². The van der Waals surface area contributed by atoms with Crippen LogP contribution in [0.4, 0.5) is 18.0 Å². The Morgan fingerprint density at radius 2 is 1.67 bits per heavy atom. The van der Waals surface area contributed by atoms with Crippen LogP contribution in [0, 0.1) is 11.8 Å². The molecule has 2 atom stereocenters. The number of urea groups is 1. The molecule has 0 unspecified atom stereocenters. The SMILES string of the molecule is O=C(O)C(F)(F)F.O=C1[C@@H]2CN(C(=O)N3CCCC3)C[C@@H]2CN1Cc1ccncc1. The van der Waals surface area contributed by atoms with Crippen LogP contribution in [-0.2, 0) is 16.1 Å². The number of hydrogen-bond acceptors (Lipinski definition) is 4. The molecule has 0 saturated carbocycles. The van der Waals surface area contributed by atoms with Gasteiger partial charge in [-0.3, -0.25) is 9.78 Å². The van der Waals surface area contributed by atoms with Crippen LogP contribution >= 0.6 is 0 Å². The van der Waals surface area contributed by atoms with Crippen molar-refractivity contribution >= 4 is 17.9 Å². The summed E-state index contributed by atoms with van der Waals surface area (Å²) in [6.07, 6.45) is 0.635. The van der Waals surface area contributed by atoms with Crippen molar-refractivity contribution in [3.05, 3.63) is 30.1 Å². The van der Waals surface area contributed by atoms with Crippen LogP contribution in [0.25, 0.3) is 0 Å². The summed E-state index contributed by atoms with van der Waals surface area (Å²) in [5.74, 6) is -2.28. The van der Waals surface area contributed by atoms with Crippen LogP contribution in [0.1, 0.15) is 18.4 Å². The van der Waals surface area contributed by atoms with Gasteiger partial charge in [0.1, 0.15) is 0 Å². The van der Waals surface area contributed by atoms with E-state index in [9.17, 15) is 22.8 Å². The first kappa shape index (κ1) is 21.8.